The van der Waals surface area contributed by atoms with Gasteiger partial charge in [-0.1, -0.05) is 51.1 Å². The van der Waals surface area contributed by atoms with E-state index in [4.69, 9.17) is 14.0 Å². The van der Waals surface area contributed by atoms with Gasteiger partial charge in [0.25, 0.3) is 0 Å². The van der Waals surface area contributed by atoms with Crippen LogP contribution >= 0.6 is 0 Å². The molecule has 1 N–H and O–H groups in total. The SMILES string of the molecule is CCC(C)(O[Si](C)(C)C(C)(C)C)/C(=N/OCC(O)OC)C1=CC=CCC1. The molecule has 0 heterocycles. The standard InChI is InChI=1S/C20H37NO4Si/c1-9-20(5,25-26(7,8)19(2,3)4)18(16-13-11-10-12-14-16)21-24-15-17(22)23-6/h10-11,13,17,22H,9,12,14-15H2,1-8H3/b21-18+. The molecule has 0 amide bonds. The maximum atomic E-state index is 9.57. The van der Waals surface area contributed by atoms with Crippen LogP contribution in [0.25, 0.3) is 0 Å². The highest BCUT2D eigenvalue weighted by Crippen LogP contribution is 2.41. The first-order valence-corrected chi connectivity index (χ1v) is 12.3. The molecule has 1 rings (SSSR count). The summed E-state index contributed by atoms with van der Waals surface area (Å²) in [6, 6.07) is 0. The van der Waals surface area contributed by atoms with E-state index in [2.05, 4.69) is 71.1 Å². The van der Waals surface area contributed by atoms with Crippen LogP contribution in [-0.4, -0.2) is 44.7 Å². The maximum Gasteiger partial charge on any atom is 0.193 e. The third kappa shape index (κ3) is 6.05. The zero-order valence-corrected chi connectivity index (χ0v) is 18.8. The summed E-state index contributed by atoms with van der Waals surface area (Å²) in [6.07, 6.45) is 7.97. The van der Waals surface area contributed by atoms with E-state index in [0.717, 1.165) is 30.5 Å². The average Bonchev–Trinajstić information content (AvgIpc) is 2.57. The predicted octanol–water partition coefficient (Wildman–Crippen LogP) is 4.79. The van der Waals surface area contributed by atoms with E-state index in [1.54, 1.807) is 0 Å². The first-order valence-electron chi connectivity index (χ1n) is 9.44. The molecule has 0 aliphatic heterocycles. The fourth-order valence-electron chi connectivity index (χ4n) is 2.53. The Morgan fingerprint density at radius 1 is 1.31 bits per heavy atom. The molecule has 0 bridgehead atoms. The van der Waals surface area contributed by atoms with E-state index in [-0.39, 0.29) is 11.6 Å². The van der Waals surface area contributed by atoms with Crippen molar-refractivity contribution in [1.29, 1.82) is 0 Å². The van der Waals surface area contributed by atoms with E-state index in [9.17, 15) is 5.11 Å². The number of aliphatic hydroxyl groups is 1. The largest absolute Gasteiger partial charge is 0.406 e. The number of nitrogens with zero attached hydrogens (tertiary/aromatic N) is 1. The van der Waals surface area contributed by atoms with Crippen molar-refractivity contribution in [3.05, 3.63) is 23.8 Å². The third-order valence-electron chi connectivity index (χ3n) is 5.43. The summed E-state index contributed by atoms with van der Waals surface area (Å²) in [5.74, 6) is 0. The monoisotopic (exact) mass is 383 g/mol. The van der Waals surface area contributed by atoms with Gasteiger partial charge in [0, 0.05) is 7.11 Å². The quantitative estimate of drug-likeness (QED) is 0.269. The first-order chi connectivity index (χ1) is 12.0. The second-order valence-corrected chi connectivity index (χ2v) is 13.3. The van der Waals surface area contributed by atoms with E-state index in [0.29, 0.717) is 0 Å². The first kappa shape index (κ1) is 23.1. The van der Waals surface area contributed by atoms with Crippen LogP contribution in [0.3, 0.4) is 0 Å². The van der Waals surface area contributed by atoms with Crippen LogP contribution in [0.4, 0.5) is 0 Å². The lowest BCUT2D eigenvalue weighted by atomic mass is 9.87. The molecule has 1 aliphatic carbocycles. The van der Waals surface area contributed by atoms with Crippen LogP contribution in [0.5, 0.6) is 0 Å². The highest BCUT2D eigenvalue weighted by atomic mass is 28.4. The number of rotatable bonds is 9. The normalized spacial score (nSPS) is 19.7. The minimum Gasteiger partial charge on any atom is -0.406 e. The van der Waals surface area contributed by atoms with Gasteiger partial charge in [-0.15, -0.1) is 0 Å². The van der Waals surface area contributed by atoms with Crippen molar-refractivity contribution >= 4 is 14.0 Å². The number of hydrogen-bond acceptors (Lipinski definition) is 5. The molecule has 0 aromatic heterocycles. The summed E-state index contributed by atoms with van der Waals surface area (Å²) in [6.45, 7) is 15.4. The summed E-state index contributed by atoms with van der Waals surface area (Å²) in [4.78, 5) is 5.43. The molecular weight excluding hydrogens is 346 g/mol. The molecule has 6 heteroatoms. The number of aliphatic hydroxyl groups excluding tert-OH is 1. The summed E-state index contributed by atoms with van der Waals surface area (Å²) >= 11 is 0. The van der Waals surface area contributed by atoms with E-state index in [1.165, 1.54) is 7.11 Å². The number of hydrogen-bond donors (Lipinski definition) is 1. The van der Waals surface area contributed by atoms with Crippen LogP contribution in [0.15, 0.2) is 29.0 Å². The molecule has 0 saturated heterocycles. The molecular formula is C20H37NO4Si. The second-order valence-electron chi connectivity index (χ2n) is 8.53. The van der Waals surface area contributed by atoms with Gasteiger partial charge in [-0.3, -0.25) is 0 Å². The molecule has 0 spiro atoms. The summed E-state index contributed by atoms with van der Waals surface area (Å²) in [5, 5.41) is 14.1. The Balaban J connectivity index is 3.21. The number of allylic oxidation sites excluding steroid dienone is 3. The van der Waals surface area contributed by atoms with Crippen molar-refractivity contribution in [1.82, 2.24) is 0 Å². The van der Waals surface area contributed by atoms with Crippen molar-refractivity contribution < 1.29 is 19.1 Å². The van der Waals surface area contributed by atoms with E-state index in [1.807, 2.05) is 0 Å². The number of ether oxygens (including phenoxy) is 1. The topological polar surface area (TPSA) is 60.3 Å². The Hall–Kier alpha value is -0.953. The molecule has 0 aromatic rings. The Labute approximate surface area is 160 Å². The Morgan fingerprint density at radius 2 is 1.96 bits per heavy atom. The maximum absolute atomic E-state index is 9.57. The summed E-state index contributed by atoms with van der Waals surface area (Å²) in [7, 11) is -0.577. The summed E-state index contributed by atoms with van der Waals surface area (Å²) in [5.41, 5.74) is 1.40. The molecule has 0 saturated carbocycles. The second kappa shape index (κ2) is 9.31. The Kier molecular flexibility index (Phi) is 8.26. The Bertz CT molecular complexity index is 549. The van der Waals surface area contributed by atoms with Crippen LogP contribution in [0.1, 0.15) is 53.9 Å². The highest BCUT2D eigenvalue weighted by molar-refractivity contribution is 6.74. The van der Waals surface area contributed by atoms with Crippen LogP contribution in [0, 0.1) is 0 Å². The van der Waals surface area contributed by atoms with Crippen molar-refractivity contribution in [3.63, 3.8) is 0 Å². The van der Waals surface area contributed by atoms with Gasteiger partial charge in [-0.05, 0) is 49.9 Å². The third-order valence-corrected chi connectivity index (χ3v) is 10.00. The van der Waals surface area contributed by atoms with E-state index < -0.39 is 20.2 Å². The van der Waals surface area contributed by atoms with Gasteiger partial charge in [0.2, 0.25) is 0 Å². The van der Waals surface area contributed by atoms with Gasteiger partial charge in [0.1, 0.15) is 5.71 Å². The Morgan fingerprint density at radius 3 is 2.42 bits per heavy atom. The fraction of sp³-hybridized carbons (Fsp3) is 0.750. The van der Waals surface area contributed by atoms with Gasteiger partial charge in [0.05, 0.1) is 5.60 Å². The lowest BCUT2D eigenvalue weighted by molar-refractivity contribution is -0.118. The fourth-order valence-corrected chi connectivity index (χ4v) is 4.21. The summed E-state index contributed by atoms with van der Waals surface area (Å²) < 4.78 is 11.6. The molecule has 150 valence electrons. The number of oxime groups is 1. The smallest absolute Gasteiger partial charge is 0.193 e. The molecule has 0 aromatic carbocycles. The molecule has 0 radical (unpaired) electrons. The minimum absolute atomic E-state index is 0.0109. The predicted molar refractivity (Wildman–Crippen MR) is 110 cm³/mol. The molecule has 2 unspecified atom stereocenters. The molecule has 5 nitrogen and oxygen atoms in total. The molecule has 26 heavy (non-hydrogen) atoms. The zero-order chi connectivity index (χ0) is 20.0. The van der Waals surface area contributed by atoms with Crippen LogP contribution < -0.4 is 0 Å². The number of methoxy groups -OCH3 is 1. The zero-order valence-electron chi connectivity index (χ0n) is 17.8. The van der Waals surface area contributed by atoms with Crippen molar-refractivity contribution in [2.45, 2.75) is 83.9 Å². The molecule has 2 atom stereocenters. The van der Waals surface area contributed by atoms with Gasteiger partial charge in [-0.25, -0.2) is 0 Å². The van der Waals surface area contributed by atoms with Gasteiger partial charge < -0.3 is 19.1 Å². The molecule has 1 aliphatic rings. The average molecular weight is 384 g/mol. The molecule has 0 fully saturated rings. The van der Waals surface area contributed by atoms with Gasteiger partial charge >= 0.3 is 0 Å². The van der Waals surface area contributed by atoms with E-state index >= 15 is 0 Å². The lowest BCUT2D eigenvalue weighted by Crippen LogP contribution is -2.52. The minimum atomic E-state index is -2.01. The van der Waals surface area contributed by atoms with Crippen LogP contribution in [0.2, 0.25) is 18.1 Å². The van der Waals surface area contributed by atoms with Crippen molar-refractivity contribution in [2.24, 2.45) is 5.16 Å². The van der Waals surface area contributed by atoms with Crippen molar-refractivity contribution in [3.8, 4) is 0 Å². The van der Waals surface area contributed by atoms with Gasteiger partial charge in [-0.2, -0.15) is 0 Å². The van der Waals surface area contributed by atoms with Crippen LogP contribution in [-0.2, 0) is 14.0 Å². The highest BCUT2D eigenvalue weighted by Gasteiger charge is 2.45. The lowest BCUT2D eigenvalue weighted by Gasteiger charge is -2.44. The van der Waals surface area contributed by atoms with Crippen molar-refractivity contribution in [2.75, 3.05) is 13.7 Å². The van der Waals surface area contributed by atoms with Gasteiger partial charge in [0.15, 0.2) is 21.2 Å².